The molecule has 1 aliphatic carbocycles. The van der Waals surface area contributed by atoms with Crippen LogP contribution in [0.2, 0.25) is 0 Å². The third-order valence-corrected chi connectivity index (χ3v) is 8.57. The Balaban J connectivity index is 1.30. The van der Waals surface area contributed by atoms with Crippen LogP contribution in [-0.4, -0.2) is 62.9 Å². The van der Waals surface area contributed by atoms with Gasteiger partial charge < -0.3 is 14.4 Å². The summed E-state index contributed by atoms with van der Waals surface area (Å²) in [5.41, 5.74) is 0.0129. The van der Waals surface area contributed by atoms with Crippen molar-refractivity contribution in [3.05, 3.63) is 53.8 Å². The maximum absolute atomic E-state index is 13.8. The van der Waals surface area contributed by atoms with Gasteiger partial charge in [0.2, 0.25) is 15.9 Å². The molecule has 2 aliphatic heterocycles. The molecule has 2 heterocycles. The number of hydrogen-bond acceptors (Lipinski definition) is 5. The van der Waals surface area contributed by atoms with E-state index in [9.17, 15) is 17.6 Å². The fourth-order valence-electron chi connectivity index (χ4n) is 4.71. The van der Waals surface area contributed by atoms with E-state index in [1.807, 2.05) is 6.07 Å². The Kier molecular flexibility index (Phi) is 5.33. The minimum absolute atomic E-state index is 0.0364. The van der Waals surface area contributed by atoms with E-state index in [4.69, 9.17) is 9.47 Å². The first kappa shape index (κ1) is 21.2. The van der Waals surface area contributed by atoms with Crippen LogP contribution in [0.1, 0.15) is 24.8 Å². The van der Waals surface area contributed by atoms with Crippen molar-refractivity contribution < 1.29 is 27.1 Å². The molecule has 0 spiro atoms. The number of amides is 1. The van der Waals surface area contributed by atoms with Crippen LogP contribution in [0.3, 0.4) is 0 Å². The second-order valence-corrected chi connectivity index (χ2v) is 10.4. The first-order valence-electron chi connectivity index (χ1n) is 10.9. The van der Waals surface area contributed by atoms with Gasteiger partial charge in [-0.2, -0.15) is 4.31 Å². The van der Waals surface area contributed by atoms with Gasteiger partial charge in [0.05, 0.1) is 10.3 Å². The largest absolute Gasteiger partial charge is 0.486 e. The van der Waals surface area contributed by atoms with Crippen LogP contribution >= 0.6 is 0 Å². The summed E-state index contributed by atoms with van der Waals surface area (Å²) in [4.78, 5) is 15.3. The van der Waals surface area contributed by atoms with Gasteiger partial charge in [-0.15, -0.1) is 0 Å². The summed E-state index contributed by atoms with van der Waals surface area (Å²) in [7, 11) is -3.72. The van der Waals surface area contributed by atoms with E-state index in [0.29, 0.717) is 56.2 Å². The van der Waals surface area contributed by atoms with Gasteiger partial charge in [0.15, 0.2) is 11.5 Å². The van der Waals surface area contributed by atoms with Gasteiger partial charge in [-0.1, -0.05) is 18.6 Å². The van der Waals surface area contributed by atoms with Gasteiger partial charge in [0, 0.05) is 32.2 Å². The Bertz CT molecular complexity index is 1140. The van der Waals surface area contributed by atoms with Crippen molar-refractivity contribution in [3.8, 4) is 11.5 Å². The van der Waals surface area contributed by atoms with Gasteiger partial charge in [-0.25, -0.2) is 12.8 Å². The molecule has 2 aromatic carbocycles. The first-order chi connectivity index (χ1) is 15.4. The summed E-state index contributed by atoms with van der Waals surface area (Å²) in [5.74, 6) is 0.574. The summed E-state index contributed by atoms with van der Waals surface area (Å²) in [6.45, 7) is 1.85. The maximum atomic E-state index is 13.8. The van der Waals surface area contributed by atoms with Crippen LogP contribution in [0.15, 0.2) is 47.4 Å². The topological polar surface area (TPSA) is 76.2 Å². The zero-order valence-corrected chi connectivity index (χ0v) is 18.4. The second kappa shape index (κ2) is 8.04. The molecule has 9 heteroatoms. The van der Waals surface area contributed by atoms with Crippen molar-refractivity contribution >= 4 is 15.9 Å². The standard InChI is InChI=1S/C23H25FN2O5S/c24-18-4-1-3-17(15-18)23(7-2-8-23)22(27)25-9-11-26(12-10-25)32(28,29)19-5-6-20-21(16-19)31-14-13-30-20/h1,3-6,15-16H,2,7-14H2. The summed E-state index contributed by atoms with van der Waals surface area (Å²) < 4.78 is 52.5. The van der Waals surface area contributed by atoms with Gasteiger partial charge in [0.25, 0.3) is 0 Å². The zero-order valence-electron chi connectivity index (χ0n) is 17.6. The molecule has 0 radical (unpaired) electrons. The molecule has 2 fully saturated rings. The third kappa shape index (κ3) is 3.53. The average molecular weight is 461 g/mol. The van der Waals surface area contributed by atoms with Crippen molar-refractivity contribution in [1.82, 2.24) is 9.21 Å². The molecule has 7 nitrogen and oxygen atoms in total. The van der Waals surface area contributed by atoms with Crippen LogP contribution < -0.4 is 9.47 Å². The molecule has 1 saturated carbocycles. The lowest BCUT2D eigenvalue weighted by atomic mass is 9.63. The smallest absolute Gasteiger partial charge is 0.243 e. The Hall–Kier alpha value is -2.65. The highest BCUT2D eigenvalue weighted by atomic mass is 32.2. The van der Waals surface area contributed by atoms with E-state index in [0.717, 1.165) is 6.42 Å². The SMILES string of the molecule is O=C(N1CCN(S(=O)(=O)c2ccc3c(c2)OCCO3)CC1)C1(c2cccc(F)c2)CCC1. The highest BCUT2D eigenvalue weighted by Gasteiger charge is 2.48. The molecule has 170 valence electrons. The Morgan fingerprint density at radius 1 is 0.938 bits per heavy atom. The minimum atomic E-state index is -3.72. The van der Waals surface area contributed by atoms with E-state index in [1.165, 1.54) is 28.6 Å². The lowest BCUT2D eigenvalue weighted by Gasteiger charge is -2.45. The summed E-state index contributed by atoms with van der Waals surface area (Å²) >= 11 is 0. The van der Waals surface area contributed by atoms with E-state index in [1.54, 1.807) is 17.0 Å². The third-order valence-electron chi connectivity index (χ3n) is 6.67. The number of nitrogens with zero attached hydrogens (tertiary/aromatic N) is 2. The van der Waals surface area contributed by atoms with Crippen LogP contribution in [0.4, 0.5) is 4.39 Å². The Labute approximate surface area is 186 Å². The van der Waals surface area contributed by atoms with E-state index in [-0.39, 0.29) is 29.7 Å². The number of carbonyl (C=O) groups excluding carboxylic acids is 1. The Morgan fingerprint density at radius 2 is 1.66 bits per heavy atom. The zero-order chi connectivity index (χ0) is 22.3. The Morgan fingerprint density at radius 3 is 2.31 bits per heavy atom. The summed E-state index contributed by atoms with van der Waals surface area (Å²) in [5, 5.41) is 0. The summed E-state index contributed by atoms with van der Waals surface area (Å²) in [6, 6.07) is 10.9. The number of benzene rings is 2. The lowest BCUT2D eigenvalue weighted by molar-refractivity contribution is -0.142. The minimum Gasteiger partial charge on any atom is -0.486 e. The molecule has 0 aromatic heterocycles. The predicted octanol–water partition coefficient (Wildman–Crippen LogP) is 2.55. The molecular weight excluding hydrogens is 435 g/mol. The highest BCUT2D eigenvalue weighted by Crippen LogP contribution is 2.45. The monoisotopic (exact) mass is 460 g/mol. The van der Waals surface area contributed by atoms with Gasteiger partial charge in [-0.05, 0) is 42.7 Å². The molecule has 1 saturated heterocycles. The molecule has 0 bridgehead atoms. The molecule has 2 aromatic rings. The van der Waals surface area contributed by atoms with Gasteiger partial charge >= 0.3 is 0 Å². The quantitative estimate of drug-likeness (QED) is 0.701. The van der Waals surface area contributed by atoms with Crippen molar-refractivity contribution in [2.75, 3.05) is 39.4 Å². The van der Waals surface area contributed by atoms with Crippen LogP contribution in [0.5, 0.6) is 11.5 Å². The highest BCUT2D eigenvalue weighted by molar-refractivity contribution is 7.89. The maximum Gasteiger partial charge on any atom is 0.243 e. The number of hydrogen-bond donors (Lipinski definition) is 0. The fraction of sp³-hybridized carbons (Fsp3) is 0.435. The van der Waals surface area contributed by atoms with Crippen molar-refractivity contribution in [3.63, 3.8) is 0 Å². The van der Waals surface area contributed by atoms with Crippen molar-refractivity contribution in [1.29, 1.82) is 0 Å². The van der Waals surface area contributed by atoms with Crippen LogP contribution in [-0.2, 0) is 20.2 Å². The number of fused-ring (bicyclic) bond motifs is 1. The lowest BCUT2D eigenvalue weighted by Crippen LogP contribution is -2.57. The van der Waals surface area contributed by atoms with E-state index >= 15 is 0 Å². The fourth-order valence-corrected chi connectivity index (χ4v) is 6.15. The van der Waals surface area contributed by atoms with E-state index < -0.39 is 15.4 Å². The first-order valence-corrected chi connectivity index (χ1v) is 12.3. The van der Waals surface area contributed by atoms with Gasteiger partial charge in [-0.3, -0.25) is 4.79 Å². The number of ether oxygens (including phenoxy) is 2. The van der Waals surface area contributed by atoms with Crippen molar-refractivity contribution in [2.24, 2.45) is 0 Å². The average Bonchev–Trinajstić information content (AvgIpc) is 2.78. The van der Waals surface area contributed by atoms with Gasteiger partial charge in [0.1, 0.15) is 19.0 Å². The number of rotatable bonds is 4. The van der Waals surface area contributed by atoms with Crippen LogP contribution in [0, 0.1) is 5.82 Å². The number of carbonyl (C=O) groups is 1. The predicted molar refractivity (Wildman–Crippen MR) is 115 cm³/mol. The molecule has 3 aliphatic rings. The summed E-state index contributed by atoms with van der Waals surface area (Å²) in [6.07, 6.45) is 2.29. The molecule has 0 N–H and O–H groups in total. The number of piperazine rings is 1. The second-order valence-electron chi connectivity index (χ2n) is 8.45. The molecular formula is C23H25FN2O5S. The number of halogens is 1. The van der Waals surface area contributed by atoms with Crippen molar-refractivity contribution in [2.45, 2.75) is 29.6 Å². The number of sulfonamides is 1. The van der Waals surface area contributed by atoms with Crippen LogP contribution in [0.25, 0.3) is 0 Å². The molecule has 1 amide bonds. The molecule has 0 unspecified atom stereocenters. The normalized spacial score (nSPS) is 20.5. The molecule has 32 heavy (non-hydrogen) atoms. The molecule has 5 rings (SSSR count). The molecule has 0 atom stereocenters. The van der Waals surface area contributed by atoms with E-state index in [2.05, 4.69) is 0 Å².